The number of aliphatic hydroxyl groups excluding tert-OH is 1. The molecule has 4 nitrogen and oxygen atoms in total. The molecule has 0 radical (unpaired) electrons. The SMILES string of the molecule is CC(C)[C@@]1(C)SC(N[C@H]2CC[C@]3(C[C@@H](C)O)C[C@@H]23)=NC1=O. The Morgan fingerprint density at radius 3 is 2.71 bits per heavy atom. The Morgan fingerprint density at radius 1 is 1.48 bits per heavy atom. The van der Waals surface area contributed by atoms with Gasteiger partial charge in [-0.15, -0.1) is 0 Å². The summed E-state index contributed by atoms with van der Waals surface area (Å²) in [6, 6.07) is 0.428. The number of amidine groups is 1. The van der Waals surface area contributed by atoms with Gasteiger partial charge in [0.2, 0.25) is 0 Å². The molecule has 2 N–H and O–H groups in total. The van der Waals surface area contributed by atoms with Crippen LogP contribution in [-0.2, 0) is 4.79 Å². The second-order valence-corrected chi connectivity index (χ2v) is 9.04. The first-order valence-electron chi connectivity index (χ1n) is 8.03. The summed E-state index contributed by atoms with van der Waals surface area (Å²) in [5, 5.41) is 14.0. The molecule has 0 aromatic heterocycles. The molecule has 3 aliphatic rings. The lowest BCUT2D eigenvalue weighted by molar-refractivity contribution is -0.120. The zero-order valence-corrected chi connectivity index (χ0v) is 14.2. The number of nitrogens with one attached hydrogen (secondary N) is 1. The van der Waals surface area contributed by atoms with Gasteiger partial charge in [-0.2, -0.15) is 4.99 Å². The van der Waals surface area contributed by atoms with Crippen LogP contribution in [0.15, 0.2) is 4.99 Å². The molecule has 5 heteroatoms. The number of rotatable bonds is 4. The number of thioether (sulfide) groups is 1. The predicted molar refractivity (Wildman–Crippen MR) is 86.3 cm³/mol. The van der Waals surface area contributed by atoms with Crippen LogP contribution in [0.3, 0.4) is 0 Å². The number of nitrogens with zero attached hydrogens (tertiary/aromatic N) is 1. The van der Waals surface area contributed by atoms with Crippen LogP contribution in [0.5, 0.6) is 0 Å². The molecule has 3 rings (SSSR count). The van der Waals surface area contributed by atoms with Crippen molar-refractivity contribution >= 4 is 22.8 Å². The Morgan fingerprint density at radius 2 is 2.19 bits per heavy atom. The topological polar surface area (TPSA) is 61.7 Å². The minimum absolute atomic E-state index is 0.00552. The van der Waals surface area contributed by atoms with E-state index >= 15 is 0 Å². The van der Waals surface area contributed by atoms with Crippen molar-refractivity contribution in [2.45, 2.75) is 70.3 Å². The fraction of sp³-hybridized carbons (Fsp3) is 0.875. The maximum atomic E-state index is 12.1. The van der Waals surface area contributed by atoms with Gasteiger partial charge < -0.3 is 10.4 Å². The van der Waals surface area contributed by atoms with Crippen LogP contribution in [0.25, 0.3) is 0 Å². The molecule has 0 aromatic rings. The zero-order chi connectivity index (χ0) is 15.4. The van der Waals surface area contributed by atoms with Crippen molar-refractivity contribution in [1.82, 2.24) is 5.32 Å². The molecular weight excluding hydrogens is 284 g/mol. The second-order valence-electron chi connectivity index (χ2n) is 7.60. The van der Waals surface area contributed by atoms with Gasteiger partial charge in [0.05, 0.1) is 6.10 Å². The van der Waals surface area contributed by atoms with Gasteiger partial charge in [0.15, 0.2) is 5.17 Å². The van der Waals surface area contributed by atoms with Crippen LogP contribution in [0.2, 0.25) is 0 Å². The Labute approximate surface area is 131 Å². The number of aliphatic hydroxyl groups is 1. The molecule has 2 saturated carbocycles. The van der Waals surface area contributed by atoms with Crippen molar-refractivity contribution in [3.63, 3.8) is 0 Å². The average molecular weight is 310 g/mol. The Hall–Kier alpha value is -0.550. The molecule has 21 heavy (non-hydrogen) atoms. The Kier molecular flexibility index (Phi) is 3.64. The summed E-state index contributed by atoms with van der Waals surface area (Å²) < 4.78 is -0.415. The summed E-state index contributed by atoms with van der Waals surface area (Å²) in [5.74, 6) is 0.919. The number of amides is 1. The van der Waals surface area contributed by atoms with E-state index in [0.29, 0.717) is 17.4 Å². The molecule has 1 heterocycles. The first kappa shape index (κ1) is 15.3. The van der Waals surface area contributed by atoms with Crippen molar-refractivity contribution in [2.75, 3.05) is 0 Å². The van der Waals surface area contributed by atoms with Gasteiger partial charge in [-0.05, 0) is 56.8 Å². The van der Waals surface area contributed by atoms with Crippen molar-refractivity contribution in [3.05, 3.63) is 0 Å². The number of carbonyl (C=O) groups excluding carboxylic acids is 1. The lowest BCUT2D eigenvalue weighted by atomic mass is 9.96. The van der Waals surface area contributed by atoms with Gasteiger partial charge in [0, 0.05) is 6.04 Å². The molecule has 1 amide bonds. The number of hydrogen-bond donors (Lipinski definition) is 2. The zero-order valence-electron chi connectivity index (χ0n) is 13.3. The fourth-order valence-corrected chi connectivity index (χ4v) is 5.14. The minimum Gasteiger partial charge on any atom is -0.393 e. The molecule has 0 unspecified atom stereocenters. The molecule has 2 aliphatic carbocycles. The molecule has 1 aliphatic heterocycles. The average Bonchev–Trinajstić information content (AvgIpc) is 2.86. The van der Waals surface area contributed by atoms with E-state index in [1.165, 1.54) is 12.8 Å². The molecule has 0 bridgehead atoms. The largest absolute Gasteiger partial charge is 0.393 e. The van der Waals surface area contributed by atoms with Gasteiger partial charge in [0.1, 0.15) is 4.75 Å². The third-order valence-electron chi connectivity index (χ3n) is 5.74. The molecule has 118 valence electrons. The van der Waals surface area contributed by atoms with Crippen LogP contribution in [0, 0.1) is 17.3 Å². The van der Waals surface area contributed by atoms with E-state index < -0.39 is 4.75 Å². The highest BCUT2D eigenvalue weighted by atomic mass is 32.2. The van der Waals surface area contributed by atoms with Crippen LogP contribution < -0.4 is 5.32 Å². The third kappa shape index (κ3) is 2.52. The van der Waals surface area contributed by atoms with E-state index in [4.69, 9.17) is 0 Å². The molecule has 5 atom stereocenters. The van der Waals surface area contributed by atoms with Crippen LogP contribution in [-0.4, -0.2) is 33.1 Å². The van der Waals surface area contributed by atoms with Gasteiger partial charge >= 0.3 is 0 Å². The van der Waals surface area contributed by atoms with E-state index in [1.807, 2.05) is 13.8 Å². The molecule has 2 fully saturated rings. The van der Waals surface area contributed by atoms with Crippen LogP contribution >= 0.6 is 11.8 Å². The normalized spacial score (nSPS) is 43.0. The number of aliphatic imine (C=N–C) groups is 1. The maximum Gasteiger partial charge on any atom is 0.264 e. The van der Waals surface area contributed by atoms with Crippen molar-refractivity contribution < 1.29 is 9.90 Å². The van der Waals surface area contributed by atoms with Gasteiger partial charge in [0.25, 0.3) is 5.91 Å². The van der Waals surface area contributed by atoms with Crippen LogP contribution in [0.1, 0.15) is 53.4 Å². The summed E-state index contributed by atoms with van der Waals surface area (Å²) in [6.07, 6.45) is 4.23. The summed E-state index contributed by atoms with van der Waals surface area (Å²) in [5.41, 5.74) is 0.362. The lowest BCUT2D eigenvalue weighted by Crippen LogP contribution is -2.36. The van der Waals surface area contributed by atoms with Crippen molar-refractivity contribution in [1.29, 1.82) is 0 Å². The lowest BCUT2D eigenvalue weighted by Gasteiger charge is -2.25. The van der Waals surface area contributed by atoms with E-state index in [-0.39, 0.29) is 17.9 Å². The first-order valence-corrected chi connectivity index (χ1v) is 8.85. The van der Waals surface area contributed by atoms with Crippen LogP contribution in [0.4, 0.5) is 0 Å². The maximum absolute atomic E-state index is 12.1. The Bertz CT molecular complexity index is 491. The first-order chi connectivity index (χ1) is 9.77. The summed E-state index contributed by atoms with van der Waals surface area (Å²) in [7, 11) is 0. The van der Waals surface area contributed by atoms with E-state index in [0.717, 1.165) is 18.0 Å². The van der Waals surface area contributed by atoms with E-state index in [9.17, 15) is 9.90 Å². The number of carbonyl (C=O) groups is 1. The molecule has 0 saturated heterocycles. The number of fused-ring (bicyclic) bond motifs is 1. The van der Waals surface area contributed by atoms with Gasteiger partial charge in [-0.25, -0.2) is 0 Å². The summed E-state index contributed by atoms with van der Waals surface area (Å²) >= 11 is 1.59. The molecular formula is C16H26N2O2S. The standard InChI is InChI=1S/C16H26N2O2S/c1-9(2)15(4)13(20)18-14(21-15)17-12-5-6-16(7-10(3)19)8-11(12)16/h9-12,19H,5-8H2,1-4H3,(H,17,18,20)/t10-,11+,12+,15-,16+/m1/s1. The third-order valence-corrected chi connectivity index (χ3v) is 7.21. The highest BCUT2D eigenvalue weighted by molar-refractivity contribution is 8.16. The van der Waals surface area contributed by atoms with E-state index in [1.54, 1.807) is 11.8 Å². The van der Waals surface area contributed by atoms with Gasteiger partial charge in [-0.3, -0.25) is 4.79 Å². The summed E-state index contributed by atoms with van der Waals surface area (Å²) in [4.78, 5) is 16.4. The monoisotopic (exact) mass is 310 g/mol. The predicted octanol–water partition coefficient (Wildman–Crippen LogP) is 2.56. The summed E-state index contributed by atoms with van der Waals surface area (Å²) in [6.45, 7) is 8.03. The highest BCUT2D eigenvalue weighted by Gasteiger charge is 2.61. The minimum atomic E-state index is -0.415. The molecule has 0 spiro atoms. The quantitative estimate of drug-likeness (QED) is 0.838. The van der Waals surface area contributed by atoms with Gasteiger partial charge in [-0.1, -0.05) is 25.6 Å². The van der Waals surface area contributed by atoms with Crippen molar-refractivity contribution in [2.24, 2.45) is 22.2 Å². The second kappa shape index (κ2) is 4.98. The van der Waals surface area contributed by atoms with E-state index in [2.05, 4.69) is 24.2 Å². The smallest absolute Gasteiger partial charge is 0.264 e. The fourth-order valence-electron chi connectivity index (χ4n) is 4.03. The number of hydrogen-bond acceptors (Lipinski definition) is 4. The van der Waals surface area contributed by atoms with Crippen molar-refractivity contribution in [3.8, 4) is 0 Å². The molecule has 0 aromatic carbocycles. The Balaban J connectivity index is 1.61. The highest BCUT2D eigenvalue weighted by Crippen LogP contribution is 2.66.